The van der Waals surface area contributed by atoms with E-state index in [0.717, 1.165) is 11.3 Å². The van der Waals surface area contributed by atoms with E-state index in [-0.39, 0.29) is 10.3 Å². The average Bonchev–Trinajstić information content (AvgIpc) is 2.77. The number of aliphatic hydroxyl groups excluding tert-OH is 1. The molecule has 1 saturated carbocycles. The lowest BCUT2D eigenvalue weighted by atomic mass is 9.65. The minimum atomic E-state index is -3.60. The smallest absolute Gasteiger partial charge is 0.250 e. The second-order valence-corrected chi connectivity index (χ2v) is 8.00. The second-order valence-electron chi connectivity index (χ2n) is 4.98. The van der Waals surface area contributed by atoms with E-state index in [1.165, 1.54) is 12.1 Å². The van der Waals surface area contributed by atoms with Gasteiger partial charge in [-0.3, -0.25) is 0 Å². The lowest BCUT2D eigenvalue weighted by molar-refractivity contribution is -0.0645. The van der Waals surface area contributed by atoms with Gasteiger partial charge in [0, 0.05) is 11.5 Å². The zero-order valence-corrected chi connectivity index (χ0v) is 11.7. The summed E-state index contributed by atoms with van der Waals surface area (Å²) < 4.78 is 26.9. The van der Waals surface area contributed by atoms with Gasteiger partial charge in [0.05, 0.1) is 6.10 Å². The molecule has 5 nitrogen and oxygen atoms in total. The van der Waals surface area contributed by atoms with Gasteiger partial charge in [0.25, 0.3) is 0 Å². The average molecular weight is 286 g/mol. The van der Waals surface area contributed by atoms with Gasteiger partial charge >= 0.3 is 0 Å². The van der Waals surface area contributed by atoms with Crippen LogP contribution in [0.2, 0.25) is 0 Å². The first kappa shape index (κ1) is 13.5. The molecule has 2 atom stereocenters. The van der Waals surface area contributed by atoms with Gasteiger partial charge in [-0.2, -0.15) is 5.26 Å². The van der Waals surface area contributed by atoms with Crippen molar-refractivity contribution >= 4 is 21.4 Å². The fourth-order valence-electron chi connectivity index (χ4n) is 1.87. The number of rotatable bonds is 3. The Morgan fingerprint density at radius 2 is 2.22 bits per heavy atom. The Labute approximate surface area is 110 Å². The Balaban J connectivity index is 2.17. The van der Waals surface area contributed by atoms with Crippen molar-refractivity contribution in [2.24, 2.45) is 5.41 Å². The molecule has 1 fully saturated rings. The summed E-state index contributed by atoms with van der Waals surface area (Å²) in [6.07, 6.45) is -0.0638. The van der Waals surface area contributed by atoms with Crippen LogP contribution in [-0.4, -0.2) is 25.7 Å². The molecule has 1 aliphatic rings. The van der Waals surface area contributed by atoms with Crippen molar-refractivity contribution in [1.29, 1.82) is 5.26 Å². The fourth-order valence-corrected chi connectivity index (χ4v) is 4.40. The van der Waals surface area contributed by atoms with Crippen molar-refractivity contribution < 1.29 is 13.5 Å². The summed E-state index contributed by atoms with van der Waals surface area (Å²) in [5, 5.41) is 18.3. The van der Waals surface area contributed by atoms with Crippen molar-refractivity contribution in [2.75, 3.05) is 0 Å². The SMILES string of the molecule is CC1(C)C(O)CC1NS(=O)(=O)c1ccc(C#N)s1. The van der Waals surface area contributed by atoms with E-state index in [4.69, 9.17) is 5.26 Å². The van der Waals surface area contributed by atoms with E-state index in [1.54, 1.807) is 0 Å². The standard InChI is InChI=1S/C11H14N2O3S2/c1-11(2)8(5-9(11)14)13-18(15,16)10-4-3-7(6-12)17-10/h3-4,8-9,13-14H,5H2,1-2H3. The normalized spacial score (nSPS) is 26.3. The number of hydrogen-bond acceptors (Lipinski definition) is 5. The Kier molecular flexibility index (Phi) is 3.23. The molecule has 98 valence electrons. The highest BCUT2D eigenvalue weighted by molar-refractivity contribution is 7.91. The van der Waals surface area contributed by atoms with E-state index in [0.29, 0.717) is 11.3 Å². The maximum atomic E-state index is 12.1. The fraction of sp³-hybridized carbons (Fsp3) is 0.545. The highest BCUT2D eigenvalue weighted by Gasteiger charge is 2.49. The van der Waals surface area contributed by atoms with E-state index in [1.807, 2.05) is 19.9 Å². The third-order valence-corrected chi connectivity index (χ3v) is 6.42. The molecule has 2 N–H and O–H groups in total. The molecule has 1 heterocycles. The number of nitrogens with one attached hydrogen (secondary N) is 1. The van der Waals surface area contributed by atoms with Crippen LogP contribution >= 0.6 is 11.3 Å². The van der Waals surface area contributed by atoms with Crippen LogP contribution in [0.15, 0.2) is 16.3 Å². The van der Waals surface area contributed by atoms with Gasteiger partial charge in [-0.15, -0.1) is 11.3 Å². The molecule has 2 rings (SSSR count). The summed E-state index contributed by atoms with van der Waals surface area (Å²) in [5.74, 6) is 0. The minimum absolute atomic E-state index is 0.135. The molecular formula is C11H14N2O3S2. The van der Waals surface area contributed by atoms with Gasteiger partial charge in [0.2, 0.25) is 10.0 Å². The summed E-state index contributed by atoms with van der Waals surface area (Å²) >= 11 is 0.943. The van der Waals surface area contributed by atoms with Gasteiger partial charge < -0.3 is 5.11 Å². The minimum Gasteiger partial charge on any atom is -0.392 e. The molecule has 2 unspecified atom stereocenters. The summed E-state index contributed by atoms with van der Waals surface area (Å²) in [6.45, 7) is 3.65. The molecule has 1 aromatic heterocycles. The monoisotopic (exact) mass is 286 g/mol. The van der Waals surface area contributed by atoms with E-state index in [9.17, 15) is 13.5 Å². The maximum absolute atomic E-state index is 12.1. The predicted molar refractivity (Wildman–Crippen MR) is 67.5 cm³/mol. The Morgan fingerprint density at radius 3 is 2.67 bits per heavy atom. The Hall–Kier alpha value is -0.940. The Morgan fingerprint density at radius 1 is 1.56 bits per heavy atom. The number of nitriles is 1. The van der Waals surface area contributed by atoms with Crippen LogP contribution in [0.5, 0.6) is 0 Å². The first-order chi connectivity index (χ1) is 8.27. The lowest BCUT2D eigenvalue weighted by Gasteiger charge is -2.49. The van der Waals surface area contributed by atoms with E-state index in [2.05, 4.69) is 4.72 Å². The van der Waals surface area contributed by atoms with Crippen LogP contribution in [0.4, 0.5) is 0 Å². The zero-order chi connectivity index (χ0) is 13.6. The zero-order valence-electron chi connectivity index (χ0n) is 10.0. The molecule has 0 spiro atoms. The molecule has 0 radical (unpaired) electrons. The van der Waals surface area contributed by atoms with Crippen LogP contribution < -0.4 is 4.72 Å². The number of sulfonamides is 1. The summed E-state index contributed by atoms with van der Waals surface area (Å²) in [6, 6.07) is 4.55. The van der Waals surface area contributed by atoms with Crippen molar-refractivity contribution in [3.63, 3.8) is 0 Å². The van der Waals surface area contributed by atoms with Crippen molar-refractivity contribution in [3.8, 4) is 6.07 Å². The number of aliphatic hydroxyl groups is 1. The second kappa shape index (κ2) is 4.31. The first-order valence-electron chi connectivity index (χ1n) is 5.47. The largest absolute Gasteiger partial charge is 0.392 e. The molecule has 0 bridgehead atoms. The summed E-state index contributed by atoms with van der Waals surface area (Å²) in [4.78, 5) is 0.364. The highest BCUT2D eigenvalue weighted by atomic mass is 32.2. The molecule has 1 aromatic rings. The van der Waals surface area contributed by atoms with Crippen LogP contribution in [0.25, 0.3) is 0 Å². The number of hydrogen-bond donors (Lipinski definition) is 2. The van der Waals surface area contributed by atoms with E-state index >= 15 is 0 Å². The summed E-state index contributed by atoms with van der Waals surface area (Å²) in [5.41, 5.74) is -0.456. The van der Waals surface area contributed by atoms with Crippen LogP contribution in [0, 0.1) is 16.7 Å². The topological polar surface area (TPSA) is 90.2 Å². The van der Waals surface area contributed by atoms with Crippen LogP contribution in [-0.2, 0) is 10.0 Å². The third kappa shape index (κ3) is 2.17. The van der Waals surface area contributed by atoms with Crippen molar-refractivity contribution in [2.45, 2.75) is 36.6 Å². The van der Waals surface area contributed by atoms with Gasteiger partial charge in [-0.05, 0) is 18.6 Å². The molecule has 0 aromatic carbocycles. The molecule has 1 aliphatic carbocycles. The van der Waals surface area contributed by atoms with Crippen LogP contribution in [0.3, 0.4) is 0 Å². The van der Waals surface area contributed by atoms with Gasteiger partial charge in [-0.25, -0.2) is 13.1 Å². The van der Waals surface area contributed by atoms with Gasteiger partial charge in [0.15, 0.2) is 0 Å². The highest BCUT2D eigenvalue weighted by Crippen LogP contribution is 2.41. The molecule has 18 heavy (non-hydrogen) atoms. The third-order valence-electron chi connectivity index (χ3n) is 3.47. The maximum Gasteiger partial charge on any atom is 0.250 e. The molecule has 7 heteroatoms. The van der Waals surface area contributed by atoms with Gasteiger partial charge in [0.1, 0.15) is 15.2 Å². The van der Waals surface area contributed by atoms with E-state index < -0.39 is 21.5 Å². The first-order valence-corrected chi connectivity index (χ1v) is 7.77. The van der Waals surface area contributed by atoms with Gasteiger partial charge in [-0.1, -0.05) is 13.8 Å². The number of nitrogens with zero attached hydrogens (tertiary/aromatic N) is 1. The van der Waals surface area contributed by atoms with Crippen molar-refractivity contribution in [1.82, 2.24) is 4.72 Å². The molecule has 0 aliphatic heterocycles. The number of thiophene rings is 1. The lowest BCUT2D eigenvalue weighted by Crippen LogP contribution is -2.60. The molecule has 0 saturated heterocycles. The quantitative estimate of drug-likeness (QED) is 0.869. The summed E-state index contributed by atoms with van der Waals surface area (Å²) in [7, 11) is -3.60. The predicted octanol–water partition coefficient (Wildman–Crippen LogP) is 1.06. The Bertz CT molecular complexity index is 598. The molecule has 0 amide bonds. The van der Waals surface area contributed by atoms with Crippen molar-refractivity contribution in [3.05, 3.63) is 17.0 Å². The van der Waals surface area contributed by atoms with Crippen LogP contribution in [0.1, 0.15) is 25.1 Å². The molecular weight excluding hydrogens is 272 g/mol.